The molecule has 0 atom stereocenters. The van der Waals surface area contributed by atoms with Crippen molar-refractivity contribution < 1.29 is 9.90 Å². The molecule has 0 aromatic carbocycles. The van der Waals surface area contributed by atoms with Crippen LogP contribution in [-0.4, -0.2) is 45.2 Å². The Bertz CT molecular complexity index is 1130. The molecular formula is C15H16BrN7O4. The van der Waals surface area contributed by atoms with E-state index in [1.165, 1.54) is 26.2 Å². The number of aromatic nitrogens is 7. The first-order valence-electron chi connectivity index (χ1n) is 8.06. The Balaban J connectivity index is 2.09. The van der Waals surface area contributed by atoms with Gasteiger partial charge in [-0.15, -0.1) is 5.10 Å². The summed E-state index contributed by atoms with van der Waals surface area (Å²) in [6.45, 7) is 3.68. The highest BCUT2D eigenvalue weighted by atomic mass is 79.9. The minimum atomic E-state index is -0.951. The van der Waals surface area contributed by atoms with Gasteiger partial charge in [0.25, 0.3) is 0 Å². The molecule has 3 heterocycles. The van der Waals surface area contributed by atoms with Gasteiger partial charge >= 0.3 is 17.1 Å². The average Bonchev–Trinajstić information content (AvgIpc) is 3.04. The quantitative estimate of drug-likeness (QED) is 0.547. The minimum absolute atomic E-state index is 0.0348. The average molecular weight is 438 g/mol. The number of hydrogen-bond acceptors (Lipinski definition) is 7. The molecule has 27 heavy (non-hydrogen) atoms. The standard InChI is InChI=1S/C15H16BrN7O4/c1-8(2)23-13-12(17-5-10(16)18-13)22(14(26)15(23)27)7-9-6-21(20-19-9)4-3-11(24)25/h5-6,8H,3-4,7H2,1-2H3,(H,24,25). The zero-order valence-electron chi connectivity index (χ0n) is 14.5. The van der Waals surface area contributed by atoms with Crippen LogP contribution in [0.5, 0.6) is 0 Å². The lowest BCUT2D eigenvalue weighted by atomic mass is 10.3. The van der Waals surface area contributed by atoms with Gasteiger partial charge in [-0.05, 0) is 29.8 Å². The lowest BCUT2D eigenvalue weighted by molar-refractivity contribution is -0.137. The third-order valence-corrected chi connectivity index (χ3v) is 4.20. The summed E-state index contributed by atoms with van der Waals surface area (Å²) in [6, 6.07) is -0.275. The summed E-state index contributed by atoms with van der Waals surface area (Å²) in [5, 5.41) is 16.5. The summed E-state index contributed by atoms with van der Waals surface area (Å²) in [5.74, 6) is -0.951. The fourth-order valence-electron chi connectivity index (χ4n) is 2.63. The number of rotatable bonds is 6. The van der Waals surface area contributed by atoms with Crippen LogP contribution in [0, 0.1) is 0 Å². The molecule has 3 aromatic heterocycles. The van der Waals surface area contributed by atoms with E-state index in [1.54, 1.807) is 13.8 Å². The van der Waals surface area contributed by atoms with Crippen LogP contribution in [0.4, 0.5) is 0 Å². The molecule has 0 bridgehead atoms. The van der Waals surface area contributed by atoms with Gasteiger partial charge in [0.05, 0.1) is 31.9 Å². The molecule has 0 amide bonds. The van der Waals surface area contributed by atoms with E-state index in [2.05, 4.69) is 36.2 Å². The van der Waals surface area contributed by atoms with Crippen LogP contribution in [0.1, 0.15) is 32.0 Å². The van der Waals surface area contributed by atoms with Crippen molar-refractivity contribution >= 4 is 33.2 Å². The second-order valence-electron chi connectivity index (χ2n) is 6.12. The van der Waals surface area contributed by atoms with Crippen LogP contribution in [0.2, 0.25) is 0 Å². The Labute approximate surface area is 160 Å². The predicted molar refractivity (Wildman–Crippen MR) is 97.5 cm³/mol. The summed E-state index contributed by atoms with van der Waals surface area (Å²) in [5.41, 5.74) is -0.523. The number of nitrogens with zero attached hydrogens (tertiary/aromatic N) is 7. The van der Waals surface area contributed by atoms with Gasteiger partial charge < -0.3 is 5.11 Å². The second-order valence-corrected chi connectivity index (χ2v) is 6.93. The molecule has 0 spiro atoms. The highest BCUT2D eigenvalue weighted by Crippen LogP contribution is 2.14. The van der Waals surface area contributed by atoms with Crippen LogP contribution in [0.25, 0.3) is 11.3 Å². The van der Waals surface area contributed by atoms with Gasteiger partial charge in [0, 0.05) is 6.04 Å². The van der Waals surface area contributed by atoms with E-state index >= 15 is 0 Å². The number of carboxylic acids is 1. The van der Waals surface area contributed by atoms with Crippen LogP contribution in [0.3, 0.4) is 0 Å². The van der Waals surface area contributed by atoms with Crippen molar-refractivity contribution in [1.29, 1.82) is 0 Å². The lowest BCUT2D eigenvalue weighted by Crippen LogP contribution is -2.43. The van der Waals surface area contributed by atoms with E-state index in [0.29, 0.717) is 10.3 Å². The molecular weight excluding hydrogens is 422 g/mol. The largest absolute Gasteiger partial charge is 0.481 e. The van der Waals surface area contributed by atoms with Crippen molar-refractivity contribution in [2.75, 3.05) is 0 Å². The van der Waals surface area contributed by atoms with Gasteiger partial charge in [-0.2, -0.15) is 0 Å². The summed E-state index contributed by atoms with van der Waals surface area (Å²) in [4.78, 5) is 44.4. The highest BCUT2D eigenvalue weighted by Gasteiger charge is 2.18. The highest BCUT2D eigenvalue weighted by molar-refractivity contribution is 9.10. The van der Waals surface area contributed by atoms with Crippen molar-refractivity contribution in [1.82, 2.24) is 34.1 Å². The van der Waals surface area contributed by atoms with Crippen LogP contribution >= 0.6 is 15.9 Å². The van der Waals surface area contributed by atoms with Crippen molar-refractivity contribution in [3.63, 3.8) is 0 Å². The zero-order valence-corrected chi connectivity index (χ0v) is 16.1. The molecule has 0 aliphatic heterocycles. The maximum absolute atomic E-state index is 12.6. The first-order chi connectivity index (χ1) is 12.8. The maximum atomic E-state index is 12.6. The van der Waals surface area contributed by atoms with Crippen LogP contribution in [0.15, 0.2) is 26.6 Å². The zero-order chi connectivity index (χ0) is 19.7. The van der Waals surface area contributed by atoms with E-state index in [1.807, 2.05) is 0 Å². The first-order valence-corrected chi connectivity index (χ1v) is 8.85. The molecule has 0 fully saturated rings. The second kappa shape index (κ2) is 7.39. The summed E-state index contributed by atoms with van der Waals surface area (Å²) in [7, 11) is 0. The van der Waals surface area contributed by atoms with E-state index in [4.69, 9.17) is 5.11 Å². The SMILES string of the molecule is CC(C)n1c(=O)c(=O)n(Cc2cn(CCC(=O)O)nn2)c2ncc(Br)nc21. The van der Waals surface area contributed by atoms with E-state index < -0.39 is 17.1 Å². The molecule has 1 N–H and O–H groups in total. The molecule has 11 nitrogen and oxygen atoms in total. The van der Waals surface area contributed by atoms with Gasteiger partial charge in [0.2, 0.25) is 0 Å². The molecule has 142 valence electrons. The number of aryl methyl sites for hydroxylation is 1. The first kappa shape index (κ1) is 18.9. The molecule has 0 aliphatic carbocycles. The smallest absolute Gasteiger partial charge is 0.318 e. The normalized spacial score (nSPS) is 11.4. The number of hydrogen-bond donors (Lipinski definition) is 1. The van der Waals surface area contributed by atoms with Crippen LogP contribution in [-0.2, 0) is 17.9 Å². The number of fused-ring (bicyclic) bond motifs is 1. The van der Waals surface area contributed by atoms with Gasteiger partial charge in [0.15, 0.2) is 11.3 Å². The third kappa shape index (κ3) is 3.79. The molecule has 3 aromatic rings. The number of aliphatic carboxylic acids is 1. The van der Waals surface area contributed by atoms with Gasteiger partial charge in [-0.3, -0.25) is 28.2 Å². The van der Waals surface area contributed by atoms with E-state index in [-0.39, 0.29) is 36.8 Å². The maximum Gasteiger partial charge on any atom is 0.318 e. The number of carbonyl (C=O) groups is 1. The molecule has 0 unspecified atom stereocenters. The summed E-state index contributed by atoms with van der Waals surface area (Å²) < 4.78 is 4.31. The topological polar surface area (TPSA) is 138 Å². The molecule has 12 heteroatoms. The molecule has 0 saturated carbocycles. The Morgan fingerprint density at radius 2 is 2.00 bits per heavy atom. The Morgan fingerprint density at radius 1 is 1.26 bits per heavy atom. The Hall–Kier alpha value is -2.89. The molecule has 0 radical (unpaired) electrons. The number of halogens is 1. The van der Waals surface area contributed by atoms with Crippen molar-refractivity contribution in [2.24, 2.45) is 0 Å². The van der Waals surface area contributed by atoms with E-state index in [9.17, 15) is 14.4 Å². The number of carboxylic acid groups (broad SMARTS) is 1. The lowest BCUT2D eigenvalue weighted by Gasteiger charge is -2.15. The third-order valence-electron chi connectivity index (χ3n) is 3.81. The van der Waals surface area contributed by atoms with Gasteiger partial charge in [-0.25, -0.2) is 9.97 Å². The van der Waals surface area contributed by atoms with Crippen molar-refractivity contribution in [3.8, 4) is 0 Å². The Kier molecular flexibility index (Phi) is 5.17. The minimum Gasteiger partial charge on any atom is -0.481 e. The summed E-state index contributed by atoms with van der Waals surface area (Å²) in [6.07, 6.45) is 2.87. The monoisotopic (exact) mass is 437 g/mol. The van der Waals surface area contributed by atoms with Crippen LogP contribution < -0.4 is 11.1 Å². The van der Waals surface area contributed by atoms with Crippen molar-refractivity contribution in [3.05, 3.63) is 43.4 Å². The fraction of sp³-hybridized carbons (Fsp3) is 0.400. The molecule has 0 aliphatic rings. The fourth-order valence-corrected chi connectivity index (χ4v) is 2.90. The Morgan fingerprint density at radius 3 is 2.67 bits per heavy atom. The predicted octanol–water partition coefficient (Wildman–Crippen LogP) is 0.411. The molecule has 3 rings (SSSR count). The van der Waals surface area contributed by atoms with E-state index in [0.717, 1.165) is 0 Å². The van der Waals surface area contributed by atoms with Gasteiger partial charge in [-0.1, -0.05) is 5.21 Å². The summed E-state index contributed by atoms with van der Waals surface area (Å²) >= 11 is 3.23. The van der Waals surface area contributed by atoms with Crippen molar-refractivity contribution in [2.45, 2.75) is 39.4 Å². The molecule has 0 saturated heterocycles. The van der Waals surface area contributed by atoms with Gasteiger partial charge in [0.1, 0.15) is 10.3 Å².